The van der Waals surface area contributed by atoms with Gasteiger partial charge in [-0.25, -0.2) is 4.79 Å². The van der Waals surface area contributed by atoms with Crippen LogP contribution in [-0.2, 0) is 14.2 Å². The summed E-state index contributed by atoms with van der Waals surface area (Å²) >= 11 is 0. The van der Waals surface area contributed by atoms with Gasteiger partial charge in [0.05, 0.1) is 6.10 Å². The Labute approximate surface area is 198 Å². The average molecular weight is 540 g/mol. The average Bonchev–Trinajstić information content (AvgIpc) is 2.67. The van der Waals surface area contributed by atoms with Crippen LogP contribution < -0.4 is 10.6 Å². The molecule has 2 saturated heterocycles. The van der Waals surface area contributed by atoms with Crippen LogP contribution in [0.15, 0.2) is 4.99 Å². The number of nitrogens with one attached hydrogen (secondary N) is 2. The fraction of sp³-hybridized carbons (Fsp3) is 0.905. The number of aliphatic imine (C=N–C) groups is 1. The van der Waals surface area contributed by atoms with Crippen LogP contribution in [0.3, 0.4) is 0 Å². The lowest BCUT2D eigenvalue weighted by atomic mass is 10.1. The highest BCUT2D eigenvalue weighted by Crippen LogP contribution is 2.15. The number of amides is 1. The number of nitrogens with zero attached hydrogens (tertiary/aromatic N) is 2. The molecule has 0 spiro atoms. The number of carbonyl (C=O) groups excluding carboxylic acids is 1. The van der Waals surface area contributed by atoms with Crippen LogP contribution in [-0.4, -0.2) is 80.7 Å². The maximum Gasteiger partial charge on any atom is 0.410 e. The number of carbonyl (C=O) groups is 1. The second-order valence-electron chi connectivity index (χ2n) is 8.71. The van der Waals surface area contributed by atoms with Gasteiger partial charge in [-0.15, -0.1) is 24.0 Å². The Morgan fingerprint density at radius 2 is 1.97 bits per heavy atom. The van der Waals surface area contributed by atoms with Crippen molar-refractivity contribution in [3.8, 4) is 0 Å². The predicted molar refractivity (Wildman–Crippen MR) is 130 cm³/mol. The Bertz CT molecular complexity index is 522. The van der Waals surface area contributed by atoms with Crippen molar-refractivity contribution in [1.82, 2.24) is 15.5 Å². The lowest BCUT2D eigenvalue weighted by Gasteiger charge is -2.35. The molecule has 2 fully saturated rings. The molecule has 176 valence electrons. The van der Waals surface area contributed by atoms with Crippen LogP contribution in [0.2, 0.25) is 0 Å². The zero-order valence-electron chi connectivity index (χ0n) is 19.1. The lowest BCUT2D eigenvalue weighted by Crippen LogP contribution is -2.53. The fourth-order valence-corrected chi connectivity index (χ4v) is 3.45. The van der Waals surface area contributed by atoms with E-state index in [1.54, 1.807) is 4.90 Å². The largest absolute Gasteiger partial charge is 0.444 e. The molecule has 9 heteroatoms. The number of guanidine groups is 1. The van der Waals surface area contributed by atoms with Crippen molar-refractivity contribution < 1.29 is 19.0 Å². The molecular formula is C21H41IN4O4. The summed E-state index contributed by atoms with van der Waals surface area (Å²) in [6.07, 6.45) is 4.93. The van der Waals surface area contributed by atoms with Crippen LogP contribution in [0, 0.1) is 0 Å². The zero-order chi connectivity index (χ0) is 21.1. The SMILES string of the molecule is CCNC(=NCCCOC1CCOCC1)NC1CCCN(C(=O)OC(C)(C)C)C1.I. The molecule has 1 atom stereocenters. The topological polar surface area (TPSA) is 84.4 Å². The second kappa shape index (κ2) is 14.3. The summed E-state index contributed by atoms with van der Waals surface area (Å²) in [7, 11) is 0. The maximum atomic E-state index is 12.4. The van der Waals surface area contributed by atoms with Crippen molar-refractivity contribution in [2.75, 3.05) is 46.0 Å². The number of piperidine rings is 1. The highest BCUT2D eigenvalue weighted by Gasteiger charge is 2.28. The summed E-state index contributed by atoms with van der Waals surface area (Å²) in [4.78, 5) is 18.8. The first-order chi connectivity index (χ1) is 13.9. The third-order valence-electron chi connectivity index (χ3n) is 4.85. The van der Waals surface area contributed by atoms with Crippen molar-refractivity contribution in [3.63, 3.8) is 0 Å². The molecule has 0 aromatic carbocycles. The van der Waals surface area contributed by atoms with Crippen LogP contribution in [0.1, 0.15) is 59.8 Å². The van der Waals surface area contributed by atoms with E-state index in [9.17, 15) is 4.79 Å². The Kier molecular flexibility index (Phi) is 13.0. The maximum absolute atomic E-state index is 12.4. The molecule has 0 aliphatic carbocycles. The van der Waals surface area contributed by atoms with Gasteiger partial charge in [0, 0.05) is 52.0 Å². The smallest absolute Gasteiger partial charge is 0.410 e. The number of halogens is 1. The van der Waals surface area contributed by atoms with Gasteiger partial charge in [-0.05, 0) is 59.8 Å². The van der Waals surface area contributed by atoms with E-state index in [-0.39, 0.29) is 36.1 Å². The van der Waals surface area contributed by atoms with Gasteiger partial charge in [0.25, 0.3) is 0 Å². The normalized spacial score (nSPS) is 21.0. The monoisotopic (exact) mass is 540 g/mol. The third-order valence-corrected chi connectivity index (χ3v) is 4.85. The van der Waals surface area contributed by atoms with E-state index in [0.29, 0.717) is 19.2 Å². The molecule has 1 amide bonds. The van der Waals surface area contributed by atoms with Gasteiger partial charge >= 0.3 is 6.09 Å². The van der Waals surface area contributed by atoms with E-state index in [0.717, 1.165) is 71.0 Å². The standard InChI is InChI=1S/C21H40N4O4.HI/c1-5-22-19(23-11-7-13-28-18-9-14-27-15-10-18)24-17-8-6-12-25(16-17)20(26)29-21(2,3)4;/h17-18H,5-16H2,1-4H3,(H2,22,23,24);1H. The first kappa shape index (κ1) is 27.2. The minimum absolute atomic E-state index is 0. The van der Waals surface area contributed by atoms with Gasteiger partial charge in [0.2, 0.25) is 0 Å². The van der Waals surface area contributed by atoms with Crippen LogP contribution in [0.5, 0.6) is 0 Å². The lowest BCUT2D eigenvalue weighted by molar-refractivity contribution is -0.0318. The van der Waals surface area contributed by atoms with E-state index < -0.39 is 5.60 Å². The summed E-state index contributed by atoms with van der Waals surface area (Å²) in [6.45, 7) is 13.0. The molecule has 2 aliphatic heterocycles. The first-order valence-corrected chi connectivity index (χ1v) is 11.1. The quantitative estimate of drug-likeness (QED) is 0.224. The molecule has 2 aliphatic rings. The Morgan fingerprint density at radius 3 is 2.63 bits per heavy atom. The van der Waals surface area contributed by atoms with Crippen LogP contribution >= 0.6 is 24.0 Å². The number of likely N-dealkylation sites (tertiary alicyclic amines) is 1. The highest BCUT2D eigenvalue weighted by molar-refractivity contribution is 14.0. The van der Waals surface area contributed by atoms with Gasteiger partial charge in [-0.1, -0.05) is 0 Å². The molecule has 1 unspecified atom stereocenters. The minimum atomic E-state index is -0.472. The van der Waals surface area contributed by atoms with E-state index in [2.05, 4.69) is 22.5 Å². The van der Waals surface area contributed by atoms with E-state index in [4.69, 9.17) is 14.2 Å². The Balaban J connectivity index is 0.00000450. The van der Waals surface area contributed by atoms with Crippen LogP contribution in [0.25, 0.3) is 0 Å². The molecular weight excluding hydrogens is 499 g/mol. The molecule has 8 nitrogen and oxygen atoms in total. The summed E-state index contributed by atoms with van der Waals surface area (Å²) in [5.74, 6) is 0.801. The zero-order valence-corrected chi connectivity index (χ0v) is 21.4. The van der Waals surface area contributed by atoms with Crippen molar-refractivity contribution in [2.45, 2.75) is 77.5 Å². The van der Waals surface area contributed by atoms with E-state index in [1.807, 2.05) is 20.8 Å². The molecule has 0 radical (unpaired) electrons. The number of rotatable bonds is 7. The molecule has 0 aromatic rings. The van der Waals surface area contributed by atoms with Crippen molar-refractivity contribution in [1.29, 1.82) is 0 Å². The van der Waals surface area contributed by atoms with Gasteiger partial charge < -0.3 is 29.7 Å². The number of ether oxygens (including phenoxy) is 3. The van der Waals surface area contributed by atoms with Gasteiger partial charge in [0.1, 0.15) is 5.60 Å². The summed E-state index contributed by atoms with van der Waals surface area (Å²) in [5, 5.41) is 6.78. The third kappa shape index (κ3) is 11.0. The Morgan fingerprint density at radius 1 is 1.23 bits per heavy atom. The van der Waals surface area contributed by atoms with E-state index in [1.165, 1.54) is 0 Å². The molecule has 2 rings (SSSR count). The summed E-state index contributed by atoms with van der Waals surface area (Å²) in [6, 6.07) is 0.174. The minimum Gasteiger partial charge on any atom is -0.444 e. The second-order valence-corrected chi connectivity index (χ2v) is 8.71. The van der Waals surface area contributed by atoms with Gasteiger partial charge in [0.15, 0.2) is 5.96 Å². The number of hydrogen-bond acceptors (Lipinski definition) is 5. The summed E-state index contributed by atoms with van der Waals surface area (Å²) in [5.41, 5.74) is -0.472. The van der Waals surface area contributed by atoms with Crippen LogP contribution in [0.4, 0.5) is 4.79 Å². The molecule has 2 N–H and O–H groups in total. The van der Waals surface area contributed by atoms with Crippen molar-refractivity contribution in [2.24, 2.45) is 4.99 Å². The van der Waals surface area contributed by atoms with Crippen molar-refractivity contribution in [3.05, 3.63) is 0 Å². The molecule has 30 heavy (non-hydrogen) atoms. The molecule has 0 aromatic heterocycles. The molecule has 0 saturated carbocycles. The van der Waals surface area contributed by atoms with Gasteiger partial charge in [-0.2, -0.15) is 0 Å². The molecule has 0 bridgehead atoms. The van der Waals surface area contributed by atoms with Crippen molar-refractivity contribution >= 4 is 36.0 Å². The highest BCUT2D eigenvalue weighted by atomic mass is 127. The van der Waals surface area contributed by atoms with Gasteiger partial charge in [-0.3, -0.25) is 4.99 Å². The van der Waals surface area contributed by atoms with E-state index >= 15 is 0 Å². The Hall–Kier alpha value is -0.810. The predicted octanol–water partition coefficient (Wildman–Crippen LogP) is 3.14. The first-order valence-electron chi connectivity index (χ1n) is 11.1. The fourth-order valence-electron chi connectivity index (χ4n) is 3.45. The molecule has 2 heterocycles. The number of hydrogen-bond donors (Lipinski definition) is 2. The summed E-state index contributed by atoms with van der Waals surface area (Å²) < 4.78 is 16.8.